The predicted molar refractivity (Wildman–Crippen MR) is 84.6 cm³/mol. The molecule has 0 saturated heterocycles. The first kappa shape index (κ1) is 13.3. The summed E-state index contributed by atoms with van der Waals surface area (Å²) in [6.45, 7) is 3.00. The summed E-state index contributed by atoms with van der Waals surface area (Å²) in [4.78, 5) is 13.3. The van der Waals surface area contributed by atoms with E-state index in [4.69, 9.17) is 0 Å². The molecule has 1 N–H and O–H groups in total. The molecular formula is C14H14N4S2. The second kappa shape index (κ2) is 6.19. The van der Waals surface area contributed by atoms with Crippen LogP contribution in [0.3, 0.4) is 0 Å². The number of hydrogen-bond acceptors (Lipinski definition) is 6. The van der Waals surface area contributed by atoms with E-state index < -0.39 is 0 Å². The molecule has 102 valence electrons. The SMILES string of the molecule is CCCNc1nccc(Sc2nc3ccccc3s2)n1. The number of nitrogens with zero attached hydrogens (tertiary/aromatic N) is 3. The van der Waals surface area contributed by atoms with Gasteiger partial charge in [0.05, 0.1) is 10.2 Å². The Morgan fingerprint density at radius 2 is 2.10 bits per heavy atom. The molecule has 2 aromatic heterocycles. The topological polar surface area (TPSA) is 50.7 Å². The van der Waals surface area contributed by atoms with Crippen LogP contribution in [0.2, 0.25) is 0 Å². The molecule has 0 radical (unpaired) electrons. The maximum atomic E-state index is 4.60. The standard InChI is InChI=1S/C14H14N4S2/c1-2-8-15-13-16-9-7-12(18-13)20-14-17-10-5-3-4-6-11(10)19-14/h3-7,9H,2,8H2,1H3,(H,15,16,18). The number of thiazole rings is 1. The molecule has 0 fully saturated rings. The Bertz CT molecular complexity index is 678. The lowest BCUT2D eigenvalue weighted by molar-refractivity contribution is 0.935. The summed E-state index contributed by atoms with van der Waals surface area (Å²) >= 11 is 3.26. The van der Waals surface area contributed by atoms with E-state index in [0.29, 0.717) is 5.95 Å². The predicted octanol–water partition coefficient (Wildman–Crippen LogP) is 4.06. The molecule has 0 unspecified atom stereocenters. The van der Waals surface area contributed by atoms with Crippen molar-refractivity contribution in [3.63, 3.8) is 0 Å². The van der Waals surface area contributed by atoms with Crippen molar-refractivity contribution in [1.82, 2.24) is 15.0 Å². The number of rotatable bonds is 5. The van der Waals surface area contributed by atoms with E-state index in [-0.39, 0.29) is 0 Å². The third kappa shape index (κ3) is 3.08. The van der Waals surface area contributed by atoms with Crippen molar-refractivity contribution in [2.75, 3.05) is 11.9 Å². The van der Waals surface area contributed by atoms with Crippen molar-refractivity contribution < 1.29 is 0 Å². The summed E-state index contributed by atoms with van der Waals surface area (Å²) in [5.74, 6) is 0.679. The average Bonchev–Trinajstić information content (AvgIpc) is 2.87. The fourth-order valence-corrected chi connectivity index (χ4v) is 3.68. The minimum atomic E-state index is 0.679. The van der Waals surface area contributed by atoms with E-state index in [1.807, 2.05) is 24.3 Å². The van der Waals surface area contributed by atoms with Gasteiger partial charge >= 0.3 is 0 Å². The fraction of sp³-hybridized carbons (Fsp3) is 0.214. The molecule has 4 nitrogen and oxygen atoms in total. The first-order chi connectivity index (χ1) is 9.85. The highest BCUT2D eigenvalue weighted by Crippen LogP contribution is 2.33. The normalized spacial score (nSPS) is 10.8. The quantitative estimate of drug-likeness (QED) is 0.720. The Labute approximate surface area is 125 Å². The zero-order chi connectivity index (χ0) is 13.8. The van der Waals surface area contributed by atoms with Crippen molar-refractivity contribution >= 4 is 39.3 Å². The molecule has 0 bridgehead atoms. The van der Waals surface area contributed by atoms with Crippen LogP contribution < -0.4 is 5.32 Å². The van der Waals surface area contributed by atoms with Crippen LogP contribution in [0.25, 0.3) is 10.2 Å². The summed E-state index contributed by atoms with van der Waals surface area (Å²) in [6, 6.07) is 10.1. The summed E-state index contributed by atoms with van der Waals surface area (Å²) in [5, 5.41) is 4.11. The van der Waals surface area contributed by atoms with Crippen LogP contribution in [0.1, 0.15) is 13.3 Å². The van der Waals surface area contributed by atoms with Crippen LogP contribution >= 0.6 is 23.1 Å². The van der Waals surface area contributed by atoms with Crippen molar-refractivity contribution in [2.24, 2.45) is 0 Å². The summed E-state index contributed by atoms with van der Waals surface area (Å²) < 4.78 is 2.21. The first-order valence-corrected chi connectivity index (χ1v) is 8.09. The van der Waals surface area contributed by atoms with E-state index >= 15 is 0 Å². The number of benzene rings is 1. The zero-order valence-corrected chi connectivity index (χ0v) is 12.7. The van der Waals surface area contributed by atoms with Crippen molar-refractivity contribution in [1.29, 1.82) is 0 Å². The number of nitrogens with one attached hydrogen (secondary N) is 1. The van der Waals surface area contributed by atoms with Gasteiger partial charge in [0.15, 0.2) is 4.34 Å². The second-order valence-electron chi connectivity index (χ2n) is 4.19. The molecule has 20 heavy (non-hydrogen) atoms. The number of anilines is 1. The fourth-order valence-electron chi connectivity index (χ4n) is 1.71. The van der Waals surface area contributed by atoms with E-state index in [1.54, 1.807) is 29.3 Å². The number of para-hydroxylation sites is 1. The van der Waals surface area contributed by atoms with Gasteiger partial charge in [-0.2, -0.15) is 0 Å². The molecule has 3 rings (SSSR count). The van der Waals surface area contributed by atoms with E-state index in [1.165, 1.54) is 4.70 Å². The molecule has 0 atom stereocenters. The van der Waals surface area contributed by atoms with Gasteiger partial charge in [-0.25, -0.2) is 15.0 Å². The van der Waals surface area contributed by atoms with Gasteiger partial charge in [-0.15, -0.1) is 11.3 Å². The lowest BCUT2D eigenvalue weighted by atomic mass is 10.3. The van der Waals surface area contributed by atoms with Crippen LogP contribution in [0.4, 0.5) is 5.95 Å². The lowest BCUT2D eigenvalue weighted by Gasteiger charge is -2.03. The van der Waals surface area contributed by atoms with Crippen LogP contribution in [0.5, 0.6) is 0 Å². The minimum Gasteiger partial charge on any atom is -0.354 e. The van der Waals surface area contributed by atoms with Gasteiger partial charge in [-0.3, -0.25) is 0 Å². The summed E-state index contributed by atoms with van der Waals surface area (Å²) in [6.07, 6.45) is 2.83. The van der Waals surface area contributed by atoms with Crippen LogP contribution in [-0.2, 0) is 0 Å². The molecule has 0 aliphatic carbocycles. The van der Waals surface area contributed by atoms with Gasteiger partial charge in [-0.1, -0.05) is 19.1 Å². The van der Waals surface area contributed by atoms with Crippen LogP contribution in [0.15, 0.2) is 45.9 Å². The molecular weight excluding hydrogens is 288 g/mol. The van der Waals surface area contributed by atoms with Gasteiger partial charge in [0.25, 0.3) is 0 Å². The molecule has 3 aromatic rings. The van der Waals surface area contributed by atoms with E-state index in [9.17, 15) is 0 Å². The molecule has 0 spiro atoms. The third-order valence-electron chi connectivity index (χ3n) is 2.63. The molecule has 1 aromatic carbocycles. The monoisotopic (exact) mass is 302 g/mol. The minimum absolute atomic E-state index is 0.679. The van der Waals surface area contributed by atoms with Crippen molar-refractivity contribution in [3.05, 3.63) is 36.5 Å². The Morgan fingerprint density at radius 3 is 2.95 bits per heavy atom. The lowest BCUT2D eigenvalue weighted by Crippen LogP contribution is -2.03. The highest BCUT2D eigenvalue weighted by atomic mass is 32.2. The maximum absolute atomic E-state index is 4.60. The van der Waals surface area contributed by atoms with Crippen LogP contribution in [-0.4, -0.2) is 21.5 Å². The highest BCUT2D eigenvalue weighted by molar-refractivity contribution is 8.01. The Balaban J connectivity index is 1.79. The largest absolute Gasteiger partial charge is 0.354 e. The molecule has 0 saturated carbocycles. The Hall–Kier alpha value is -1.66. The summed E-state index contributed by atoms with van der Waals surface area (Å²) in [5.41, 5.74) is 1.04. The molecule has 0 aliphatic rings. The number of fused-ring (bicyclic) bond motifs is 1. The van der Waals surface area contributed by atoms with Crippen LogP contribution in [0, 0.1) is 0 Å². The van der Waals surface area contributed by atoms with Crippen molar-refractivity contribution in [3.8, 4) is 0 Å². The average molecular weight is 302 g/mol. The van der Waals surface area contributed by atoms with Gasteiger partial charge in [0.2, 0.25) is 5.95 Å². The van der Waals surface area contributed by atoms with Gasteiger partial charge in [0, 0.05) is 12.7 Å². The first-order valence-electron chi connectivity index (χ1n) is 6.45. The molecule has 6 heteroatoms. The van der Waals surface area contributed by atoms with Gasteiger partial charge in [-0.05, 0) is 36.4 Å². The smallest absolute Gasteiger partial charge is 0.223 e. The van der Waals surface area contributed by atoms with E-state index in [2.05, 4.69) is 33.3 Å². The summed E-state index contributed by atoms with van der Waals surface area (Å²) in [7, 11) is 0. The van der Waals surface area contributed by atoms with Crippen molar-refractivity contribution in [2.45, 2.75) is 22.7 Å². The van der Waals surface area contributed by atoms with Gasteiger partial charge in [0.1, 0.15) is 5.03 Å². The Kier molecular flexibility index (Phi) is 4.13. The molecule has 0 amide bonds. The zero-order valence-electron chi connectivity index (χ0n) is 11.0. The molecule has 2 heterocycles. The highest BCUT2D eigenvalue weighted by Gasteiger charge is 2.07. The maximum Gasteiger partial charge on any atom is 0.223 e. The number of aromatic nitrogens is 3. The molecule has 0 aliphatic heterocycles. The van der Waals surface area contributed by atoms with Gasteiger partial charge < -0.3 is 5.32 Å². The Morgan fingerprint density at radius 1 is 1.20 bits per heavy atom. The third-order valence-corrected chi connectivity index (χ3v) is 4.66. The van der Waals surface area contributed by atoms with E-state index in [0.717, 1.165) is 27.8 Å². The number of hydrogen-bond donors (Lipinski definition) is 1. The second-order valence-corrected chi connectivity index (χ2v) is 6.49.